The number of amides is 2. The molecule has 7 nitrogen and oxygen atoms in total. The smallest absolute Gasteiger partial charge is 0.243 e. The maximum atomic E-state index is 13.7. The van der Waals surface area contributed by atoms with Crippen molar-refractivity contribution in [2.45, 2.75) is 56.5 Å². The highest BCUT2D eigenvalue weighted by atomic mass is 32.2. The summed E-state index contributed by atoms with van der Waals surface area (Å²) in [6.45, 7) is 3.69. The van der Waals surface area contributed by atoms with Crippen molar-refractivity contribution in [3.8, 4) is 0 Å². The van der Waals surface area contributed by atoms with Gasteiger partial charge in [0, 0.05) is 38.1 Å². The van der Waals surface area contributed by atoms with Crippen LogP contribution in [0.25, 0.3) is 0 Å². The molecule has 2 aromatic carbocycles. The Morgan fingerprint density at radius 2 is 1.51 bits per heavy atom. The maximum Gasteiger partial charge on any atom is 0.243 e. The molecule has 0 unspecified atom stereocenters. The summed E-state index contributed by atoms with van der Waals surface area (Å²) in [5.41, 5.74) is 1.00. The number of nitrogens with zero attached hydrogens (tertiary/aromatic N) is 3. The molecule has 0 aromatic heterocycles. The standard InChI is InChI=1S/C27H35N3O4S/c1-2-17-29(35(33,34)25-11-7-4-8-12-25)21-26(31)30(20-22-9-5-3-6-10-22)24-15-18-28(19-16-24)27(32)23-13-14-23/h3-12,23-24H,2,13-21H2,1H3. The molecule has 2 aliphatic rings. The second-order valence-corrected chi connectivity index (χ2v) is 11.4. The SMILES string of the molecule is CCCN(CC(=O)N(Cc1ccccc1)C1CCN(C(=O)C2CC2)CC1)S(=O)(=O)c1ccccc1. The molecule has 0 spiro atoms. The minimum absolute atomic E-state index is 0.0335. The lowest BCUT2D eigenvalue weighted by atomic mass is 10.0. The van der Waals surface area contributed by atoms with E-state index in [1.54, 1.807) is 30.3 Å². The van der Waals surface area contributed by atoms with E-state index in [1.807, 2.05) is 47.1 Å². The van der Waals surface area contributed by atoms with Gasteiger partial charge in [0.15, 0.2) is 0 Å². The Hall–Kier alpha value is -2.71. The van der Waals surface area contributed by atoms with E-state index < -0.39 is 10.0 Å². The lowest BCUT2D eigenvalue weighted by Gasteiger charge is -2.39. The first kappa shape index (κ1) is 25.4. The molecule has 1 saturated carbocycles. The molecule has 8 heteroatoms. The van der Waals surface area contributed by atoms with Crippen LogP contribution in [0, 0.1) is 5.92 Å². The first-order chi connectivity index (χ1) is 16.9. The molecular formula is C27H35N3O4S. The number of hydrogen-bond donors (Lipinski definition) is 0. The quantitative estimate of drug-likeness (QED) is 0.503. The van der Waals surface area contributed by atoms with Crippen LogP contribution >= 0.6 is 0 Å². The van der Waals surface area contributed by atoms with Gasteiger partial charge in [-0.05, 0) is 49.8 Å². The highest BCUT2D eigenvalue weighted by Gasteiger charge is 2.37. The highest BCUT2D eigenvalue weighted by Crippen LogP contribution is 2.32. The van der Waals surface area contributed by atoms with Gasteiger partial charge < -0.3 is 9.80 Å². The molecule has 1 heterocycles. The van der Waals surface area contributed by atoms with E-state index in [0.717, 1.165) is 18.4 Å². The Bertz CT molecular complexity index is 1100. The summed E-state index contributed by atoms with van der Waals surface area (Å²) in [6, 6.07) is 18.0. The summed E-state index contributed by atoms with van der Waals surface area (Å²) in [7, 11) is -3.79. The third kappa shape index (κ3) is 6.30. The van der Waals surface area contributed by atoms with Gasteiger partial charge in [-0.2, -0.15) is 4.31 Å². The predicted molar refractivity (Wildman–Crippen MR) is 135 cm³/mol. The van der Waals surface area contributed by atoms with Gasteiger partial charge in [0.25, 0.3) is 0 Å². The summed E-state index contributed by atoms with van der Waals surface area (Å²) in [6.07, 6.45) is 3.99. The number of benzene rings is 2. The van der Waals surface area contributed by atoms with E-state index in [4.69, 9.17) is 0 Å². The van der Waals surface area contributed by atoms with Gasteiger partial charge in [0.2, 0.25) is 21.8 Å². The Morgan fingerprint density at radius 3 is 2.09 bits per heavy atom. The second-order valence-electron chi connectivity index (χ2n) is 9.49. The van der Waals surface area contributed by atoms with Crippen LogP contribution in [0.1, 0.15) is 44.6 Å². The molecule has 0 atom stereocenters. The minimum atomic E-state index is -3.79. The first-order valence-electron chi connectivity index (χ1n) is 12.6. The van der Waals surface area contributed by atoms with Crippen molar-refractivity contribution in [3.63, 3.8) is 0 Å². The third-order valence-electron chi connectivity index (χ3n) is 6.83. The topological polar surface area (TPSA) is 78.0 Å². The Balaban J connectivity index is 1.51. The average Bonchev–Trinajstić information content (AvgIpc) is 3.73. The molecule has 2 amide bonds. The molecule has 4 rings (SSSR count). The molecule has 0 radical (unpaired) electrons. The number of likely N-dealkylation sites (tertiary alicyclic amines) is 1. The van der Waals surface area contributed by atoms with Gasteiger partial charge in [0.1, 0.15) is 0 Å². The number of carbonyl (C=O) groups excluding carboxylic acids is 2. The monoisotopic (exact) mass is 497 g/mol. The summed E-state index contributed by atoms with van der Waals surface area (Å²) >= 11 is 0. The highest BCUT2D eigenvalue weighted by molar-refractivity contribution is 7.89. The summed E-state index contributed by atoms with van der Waals surface area (Å²) < 4.78 is 27.9. The van der Waals surface area contributed by atoms with Crippen molar-refractivity contribution in [1.82, 2.24) is 14.1 Å². The van der Waals surface area contributed by atoms with Crippen LogP contribution in [0.2, 0.25) is 0 Å². The molecule has 1 aliphatic carbocycles. The molecule has 1 saturated heterocycles. The number of hydrogen-bond acceptors (Lipinski definition) is 4. The zero-order valence-electron chi connectivity index (χ0n) is 20.4. The summed E-state index contributed by atoms with van der Waals surface area (Å²) in [5, 5.41) is 0. The number of rotatable bonds is 10. The second kappa shape index (κ2) is 11.4. The molecule has 2 fully saturated rings. The normalized spacial score (nSPS) is 16.9. The van der Waals surface area contributed by atoms with Crippen molar-refractivity contribution >= 4 is 21.8 Å². The van der Waals surface area contributed by atoms with E-state index >= 15 is 0 Å². The molecular weight excluding hydrogens is 462 g/mol. The predicted octanol–water partition coefficient (Wildman–Crippen LogP) is 3.52. The molecule has 0 bridgehead atoms. The lowest BCUT2D eigenvalue weighted by Crippen LogP contribution is -2.51. The summed E-state index contributed by atoms with van der Waals surface area (Å²) in [4.78, 5) is 30.1. The van der Waals surface area contributed by atoms with Crippen molar-refractivity contribution < 1.29 is 18.0 Å². The number of piperidine rings is 1. The molecule has 1 aliphatic heterocycles. The van der Waals surface area contributed by atoms with Crippen LogP contribution in [0.15, 0.2) is 65.6 Å². The Labute approximate surface area is 208 Å². The van der Waals surface area contributed by atoms with Crippen molar-refractivity contribution in [2.75, 3.05) is 26.2 Å². The van der Waals surface area contributed by atoms with E-state index in [1.165, 1.54) is 4.31 Å². The van der Waals surface area contributed by atoms with Crippen molar-refractivity contribution in [3.05, 3.63) is 66.2 Å². The van der Waals surface area contributed by atoms with Gasteiger partial charge in [-0.25, -0.2) is 8.42 Å². The van der Waals surface area contributed by atoms with E-state index in [0.29, 0.717) is 38.9 Å². The minimum Gasteiger partial charge on any atom is -0.342 e. The van der Waals surface area contributed by atoms with E-state index in [-0.39, 0.29) is 41.8 Å². The van der Waals surface area contributed by atoms with E-state index in [9.17, 15) is 18.0 Å². The van der Waals surface area contributed by atoms with Gasteiger partial charge in [0.05, 0.1) is 11.4 Å². The summed E-state index contributed by atoms with van der Waals surface area (Å²) in [5.74, 6) is 0.237. The maximum absolute atomic E-state index is 13.7. The fourth-order valence-corrected chi connectivity index (χ4v) is 6.21. The van der Waals surface area contributed by atoms with Gasteiger partial charge in [-0.15, -0.1) is 0 Å². The number of carbonyl (C=O) groups is 2. The molecule has 2 aromatic rings. The van der Waals surface area contributed by atoms with Crippen LogP contribution < -0.4 is 0 Å². The van der Waals surface area contributed by atoms with Crippen molar-refractivity contribution in [1.29, 1.82) is 0 Å². The Kier molecular flexibility index (Phi) is 8.23. The van der Waals surface area contributed by atoms with Gasteiger partial charge in [-0.1, -0.05) is 55.5 Å². The van der Waals surface area contributed by atoms with Crippen LogP contribution in [0.5, 0.6) is 0 Å². The lowest BCUT2D eigenvalue weighted by molar-refractivity contribution is -0.138. The van der Waals surface area contributed by atoms with E-state index in [2.05, 4.69) is 0 Å². The van der Waals surface area contributed by atoms with Crippen molar-refractivity contribution in [2.24, 2.45) is 5.92 Å². The third-order valence-corrected chi connectivity index (χ3v) is 8.68. The van der Waals surface area contributed by atoms with Crippen LogP contribution in [0.4, 0.5) is 0 Å². The zero-order chi connectivity index (χ0) is 24.8. The zero-order valence-corrected chi connectivity index (χ0v) is 21.2. The first-order valence-corrected chi connectivity index (χ1v) is 14.0. The van der Waals surface area contributed by atoms with Gasteiger partial charge in [-0.3, -0.25) is 9.59 Å². The Morgan fingerprint density at radius 1 is 0.914 bits per heavy atom. The molecule has 35 heavy (non-hydrogen) atoms. The van der Waals surface area contributed by atoms with Crippen LogP contribution in [0.3, 0.4) is 0 Å². The van der Waals surface area contributed by atoms with Crippen LogP contribution in [-0.4, -0.2) is 66.6 Å². The van der Waals surface area contributed by atoms with Crippen LogP contribution in [-0.2, 0) is 26.2 Å². The molecule has 188 valence electrons. The molecule has 0 N–H and O–H groups in total. The number of sulfonamides is 1. The fraction of sp³-hybridized carbons (Fsp3) is 0.481. The average molecular weight is 498 g/mol. The fourth-order valence-electron chi connectivity index (χ4n) is 4.70. The van der Waals surface area contributed by atoms with Gasteiger partial charge >= 0.3 is 0 Å². The largest absolute Gasteiger partial charge is 0.342 e.